The minimum Gasteiger partial charge on any atom is -0.397 e. The average molecular weight is 296 g/mol. The summed E-state index contributed by atoms with van der Waals surface area (Å²) in [5, 5.41) is 0.732. The number of thiophene rings is 1. The monoisotopic (exact) mass is 296 g/mol. The molecule has 1 aliphatic rings. The van der Waals surface area contributed by atoms with Crippen molar-refractivity contribution in [2.24, 2.45) is 5.73 Å². The molecule has 0 unspecified atom stereocenters. The Hall–Kier alpha value is -1.60. The van der Waals surface area contributed by atoms with Gasteiger partial charge in [-0.3, -0.25) is 9.59 Å². The molecule has 1 aromatic rings. The van der Waals surface area contributed by atoms with Gasteiger partial charge in [-0.15, -0.1) is 11.3 Å². The van der Waals surface area contributed by atoms with E-state index in [1.54, 1.807) is 0 Å². The molecule has 1 aromatic heterocycles. The minimum atomic E-state index is -0.571. The number of anilines is 2. The smallest absolute Gasteiger partial charge is 0.253 e. The molecule has 6 nitrogen and oxygen atoms in total. The Morgan fingerprint density at radius 2 is 1.90 bits per heavy atom. The molecule has 0 aromatic carbocycles. The fourth-order valence-corrected chi connectivity index (χ4v) is 3.58. The normalized spacial score (nSPS) is 17.0. The first-order chi connectivity index (χ1) is 9.41. The zero-order valence-electron chi connectivity index (χ0n) is 11.8. The number of Topliss-reactive ketones (excluding diaryl/α,β-unsaturated/α-hetero) is 1. The molecule has 0 radical (unpaired) electrons. The second-order valence-corrected chi connectivity index (χ2v) is 6.09. The number of primary amides is 1. The highest BCUT2D eigenvalue weighted by Gasteiger charge is 2.26. The van der Waals surface area contributed by atoms with Gasteiger partial charge in [0.25, 0.3) is 5.91 Å². The van der Waals surface area contributed by atoms with Crippen molar-refractivity contribution in [3.8, 4) is 0 Å². The molecule has 0 atom stereocenters. The number of nitrogens with zero attached hydrogens (tertiary/aromatic N) is 2. The minimum absolute atomic E-state index is 0.131. The van der Waals surface area contributed by atoms with E-state index in [1.807, 2.05) is 0 Å². The van der Waals surface area contributed by atoms with Gasteiger partial charge in [-0.05, 0) is 20.0 Å². The number of amides is 1. The lowest BCUT2D eigenvalue weighted by atomic mass is 10.2. The summed E-state index contributed by atoms with van der Waals surface area (Å²) in [5.74, 6) is -0.702. The fraction of sp³-hybridized carbons (Fsp3) is 0.538. The summed E-state index contributed by atoms with van der Waals surface area (Å²) >= 11 is 1.27. The second kappa shape index (κ2) is 5.80. The van der Waals surface area contributed by atoms with Crippen LogP contribution in [0.1, 0.15) is 33.4 Å². The molecular formula is C13H20N4O2S. The number of hydrogen-bond acceptors (Lipinski definition) is 6. The van der Waals surface area contributed by atoms with Gasteiger partial charge in [-0.1, -0.05) is 0 Å². The quantitative estimate of drug-likeness (QED) is 0.804. The molecular weight excluding hydrogens is 276 g/mol. The highest BCUT2D eigenvalue weighted by Crippen LogP contribution is 2.38. The van der Waals surface area contributed by atoms with Gasteiger partial charge in [0.05, 0.1) is 16.1 Å². The maximum Gasteiger partial charge on any atom is 0.253 e. The molecule has 4 N–H and O–H groups in total. The summed E-state index contributed by atoms with van der Waals surface area (Å²) in [4.78, 5) is 28.1. The van der Waals surface area contributed by atoms with E-state index in [1.165, 1.54) is 18.3 Å². The number of ketones is 1. The van der Waals surface area contributed by atoms with Crippen LogP contribution in [0.5, 0.6) is 0 Å². The molecule has 0 bridgehead atoms. The molecule has 110 valence electrons. The molecule has 0 aliphatic carbocycles. The van der Waals surface area contributed by atoms with E-state index in [-0.39, 0.29) is 11.5 Å². The number of nitrogens with two attached hydrogens (primary N) is 2. The third-order valence-electron chi connectivity index (χ3n) is 3.50. The SMILES string of the molecule is CC(=O)c1sc(N2CCCN(C)CC2)c(C(N)=O)c1N. The lowest BCUT2D eigenvalue weighted by Crippen LogP contribution is -2.29. The van der Waals surface area contributed by atoms with Crippen molar-refractivity contribution in [1.82, 2.24) is 4.90 Å². The molecule has 0 saturated carbocycles. The van der Waals surface area contributed by atoms with Gasteiger partial charge in [-0.2, -0.15) is 0 Å². The zero-order chi connectivity index (χ0) is 14.9. The van der Waals surface area contributed by atoms with E-state index in [2.05, 4.69) is 16.8 Å². The summed E-state index contributed by atoms with van der Waals surface area (Å²) in [6.45, 7) is 5.01. The van der Waals surface area contributed by atoms with Crippen LogP contribution in [0.25, 0.3) is 0 Å². The third kappa shape index (κ3) is 2.78. The van der Waals surface area contributed by atoms with Crippen molar-refractivity contribution < 1.29 is 9.59 Å². The summed E-state index contributed by atoms with van der Waals surface area (Å²) in [6, 6.07) is 0. The number of rotatable bonds is 3. The van der Waals surface area contributed by atoms with Crippen LogP contribution >= 0.6 is 11.3 Å². The first-order valence-corrected chi connectivity index (χ1v) is 7.40. The average Bonchev–Trinajstić information content (AvgIpc) is 2.56. The Kier molecular flexibility index (Phi) is 4.29. The molecule has 2 rings (SSSR count). The lowest BCUT2D eigenvalue weighted by molar-refractivity contribution is 0.100. The van der Waals surface area contributed by atoms with Crippen LogP contribution in [-0.2, 0) is 0 Å². The Labute approximate surface area is 122 Å². The standard InChI is InChI=1S/C13H20N4O2S/c1-8(18)11-10(14)9(12(15)19)13(20-11)17-5-3-4-16(2)6-7-17/h3-7,14H2,1-2H3,(H2,15,19). The predicted molar refractivity (Wildman–Crippen MR) is 81.6 cm³/mol. The number of nitrogen functional groups attached to an aromatic ring is 1. The summed E-state index contributed by atoms with van der Waals surface area (Å²) in [5.41, 5.74) is 11.9. The van der Waals surface area contributed by atoms with Crippen molar-refractivity contribution >= 4 is 33.7 Å². The Morgan fingerprint density at radius 1 is 1.20 bits per heavy atom. The topological polar surface area (TPSA) is 92.7 Å². The van der Waals surface area contributed by atoms with E-state index in [4.69, 9.17) is 11.5 Å². The number of carbonyl (C=O) groups is 2. The third-order valence-corrected chi connectivity index (χ3v) is 4.87. The first-order valence-electron chi connectivity index (χ1n) is 6.58. The summed E-state index contributed by atoms with van der Waals surface area (Å²) in [7, 11) is 2.07. The Bertz CT molecular complexity index is 541. The van der Waals surface area contributed by atoms with Crippen LogP contribution in [0.3, 0.4) is 0 Å². The van der Waals surface area contributed by atoms with E-state index < -0.39 is 5.91 Å². The molecule has 1 amide bonds. The van der Waals surface area contributed by atoms with Crippen molar-refractivity contribution in [3.05, 3.63) is 10.4 Å². The van der Waals surface area contributed by atoms with Crippen molar-refractivity contribution in [2.75, 3.05) is 43.9 Å². The zero-order valence-corrected chi connectivity index (χ0v) is 12.6. The Balaban J connectivity index is 2.42. The van der Waals surface area contributed by atoms with Gasteiger partial charge in [-0.25, -0.2) is 0 Å². The van der Waals surface area contributed by atoms with Crippen LogP contribution in [-0.4, -0.2) is 49.8 Å². The van der Waals surface area contributed by atoms with E-state index in [9.17, 15) is 9.59 Å². The van der Waals surface area contributed by atoms with Gasteiger partial charge < -0.3 is 21.3 Å². The highest BCUT2D eigenvalue weighted by molar-refractivity contribution is 7.19. The molecule has 1 fully saturated rings. The van der Waals surface area contributed by atoms with Gasteiger partial charge in [0.1, 0.15) is 5.00 Å². The molecule has 7 heteroatoms. The lowest BCUT2D eigenvalue weighted by Gasteiger charge is -2.22. The molecule has 0 spiro atoms. The second-order valence-electron chi connectivity index (χ2n) is 5.09. The first kappa shape index (κ1) is 14.8. The maximum atomic E-state index is 11.7. The van der Waals surface area contributed by atoms with Crippen LogP contribution in [0.2, 0.25) is 0 Å². The van der Waals surface area contributed by atoms with Crippen LogP contribution in [0.15, 0.2) is 0 Å². The summed E-state index contributed by atoms with van der Waals surface area (Å²) < 4.78 is 0. The van der Waals surface area contributed by atoms with E-state index >= 15 is 0 Å². The molecule has 20 heavy (non-hydrogen) atoms. The van der Waals surface area contributed by atoms with Crippen molar-refractivity contribution in [1.29, 1.82) is 0 Å². The van der Waals surface area contributed by atoms with Crippen molar-refractivity contribution in [3.63, 3.8) is 0 Å². The van der Waals surface area contributed by atoms with Crippen LogP contribution in [0.4, 0.5) is 10.7 Å². The van der Waals surface area contributed by atoms with E-state index in [0.29, 0.717) is 10.4 Å². The molecule has 2 heterocycles. The summed E-state index contributed by atoms with van der Waals surface area (Å²) in [6.07, 6.45) is 1.00. The Morgan fingerprint density at radius 3 is 2.50 bits per heavy atom. The van der Waals surface area contributed by atoms with Crippen LogP contribution < -0.4 is 16.4 Å². The van der Waals surface area contributed by atoms with E-state index in [0.717, 1.165) is 37.6 Å². The fourth-order valence-electron chi connectivity index (χ4n) is 2.40. The van der Waals surface area contributed by atoms with Crippen LogP contribution in [0, 0.1) is 0 Å². The highest BCUT2D eigenvalue weighted by atomic mass is 32.1. The number of carbonyl (C=O) groups excluding carboxylic acids is 2. The largest absolute Gasteiger partial charge is 0.397 e. The van der Waals surface area contributed by atoms with Crippen molar-refractivity contribution in [2.45, 2.75) is 13.3 Å². The number of hydrogen-bond donors (Lipinski definition) is 2. The predicted octanol–water partition coefficient (Wildman–Crippen LogP) is 0.774. The van der Waals surface area contributed by atoms with Gasteiger partial charge in [0.2, 0.25) is 0 Å². The van der Waals surface area contributed by atoms with Gasteiger partial charge >= 0.3 is 0 Å². The van der Waals surface area contributed by atoms with Gasteiger partial charge in [0.15, 0.2) is 5.78 Å². The van der Waals surface area contributed by atoms with Gasteiger partial charge in [0, 0.05) is 26.6 Å². The molecule has 1 aliphatic heterocycles. The molecule has 1 saturated heterocycles. The maximum absolute atomic E-state index is 11.7. The number of likely N-dealkylation sites (N-methyl/N-ethyl adjacent to an activating group) is 1.